The summed E-state index contributed by atoms with van der Waals surface area (Å²) in [5, 5.41) is 0.673. The van der Waals surface area contributed by atoms with E-state index in [2.05, 4.69) is 11.9 Å². The van der Waals surface area contributed by atoms with Crippen LogP contribution in [0.3, 0.4) is 0 Å². The van der Waals surface area contributed by atoms with E-state index in [-0.39, 0.29) is 10.4 Å². The predicted molar refractivity (Wildman–Crippen MR) is 112 cm³/mol. The molecule has 1 aromatic carbocycles. The van der Waals surface area contributed by atoms with Crippen LogP contribution in [0.4, 0.5) is 0 Å². The highest BCUT2D eigenvalue weighted by Gasteiger charge is 2.26. The zero-order chi connectivity index (χ0) is 18.8. The highest BCUT2D eigenvalue weighted by molar-refractivity contribution is 8.13. The van der Waals surface area contributed by atoms with Crippen molar-refractivity contribution in [3.05, 3.63) is 53.6 Å². The Hall–Kier alpha value is -0.970. The molecule has 0 N–H and O–H groups in total. The summed E-state index contributed by atoms with van der Waals surface area (Å²) in [6.45, 7) is 2.21. The molecule has 142 valence electrons. The Morgan fingerprint density at radius 2 is 1.85 bits per heavy atom. The molecule has 2 aromatic rings. The third-order valence-corrected chi connectivity index (χ3v) is 6.38. The van der Waals surface area contributed by atoms with E-state index in [4.69, 9.17) is 23.2 Å². The fourth-order valence-corrected chi connectivity index (χ4v) is 4.39. The molecule has 0 fully saturated rings. The third-order valence-electron chi connectivity index (χ3n) is 4.25. The number of hydrogen-bond donors (Lipinski definition) is 0. The van der Waals surface area contributed by atoms with Crippen molar-refractivity contribution >= 4 is 40.1 Å². The molecule has 2 rings (SSSR count). The average molecular weight is 413 g/mol. The molecule has 0 amide bonds. The van der Waals surface area contributed by atoms with E-state index in [1.165, 1.54) is 37.4 Å². The lowest BCUT2D eigenvalue weighted by molar-refractivity contribution is -0.111. The number of rotatable bonds is 11. The van der Waals surface area contributed by atoms with E-state index >= 15 is 0 Å². The largest absolute Gasteiger partial charge is 0.319 e. The van der Waals surface area contributed by atoms with E-state index in [9.17, 15) is 4.79 Å². The topological polar surface area (TPSA) is 34.9 Å². The first-order valence-corrected chi connectivity index (χ1v) is 10.9. The summed E-state index contributed by atoms with van der Waals surface area (Å²) >= 11 is 14.0. The first kappa shape index (κ1) is 21.3. The lowest BCUT2D eigenvalue weighted by Gasteiger charge is -2.22. The van der Waals surface area contributed by atoms with Crippen molar-refractivity contribution in [3.8, 4) is 0 Å². The minimum Gasteiger partial charge on any atom is -0.319 e. The van der Waals surface area contributed by atoms with Gasteiger partial charge in [0.1, 0.15) is 5.50 Å². The minimum atomic E-state index is -0.392. The normalized spacial score (nSPS) is 13.5. The van der Waals surface area contributed by atoms with Gasteiger partial charge in [-0.25, -0.2) is 4.98 Å². The Kier molecular flexibility index (Phi) is 9.58. The lowest BCUT2D eigenvalue weighted by Crippen LogP contribution is -2.11. The van der Waals surface area contributed by atoms with Crippen molar-refractivity contribution < 1.29 is 4.79 Å². The molecule has 6 heteroatoms. The first-order valence-electron chi connectivity index (χ1n) is 9.18. The fraction of sp³-hybridized carbons (Fsp3) is 0.500. The summed E-state index contributed by atoms with van der Waals surface area (Å²) < 4.78 is 1.83. The smallest absolute Gasteiger partial charge is 0.189 e. The van der Waals surface area contributed by atoms with Crippen LogP contribution >= 0.6 is 35.0 Å². The van der Waals surface area contributed by atoms with Gasteiger partial charge in [-0.1, -0.05) is 86.1 Å². The summed E-state index contributed by atoms with van der Waals surface area (Å²) in [5.74, 6) is 0. The van der Waals surface area contributed by atoms with Gasteiger partial charge in [0.15, 0.2) is 5.12 Å². The minimum absolute atomic E-state index is 0.185. The number of alkyl halides is 1. The van der Waals surface area contributed by atoms with Crippen LogP contribution in [0.5, 0.6) is 0 Å². The molecule has 0 radical (unpaired) electrons. The SMILES string of the molecule is CCCCCCCCC(=O)SC(c1ccc(Cl)cc1)C(Cl)n1ccnc1. The number of hydrogen-bond acceptors (Lipinski definition) is 3. The number of aromatic nitrogens is 2. The number of carbonyl (C=O) groups excluding carboxylic acids is 1. The second-order valence-electron chi connectivity index (χ2n) is 6.36. The Morgan fingerprint density at radius 1 is 1.15 bits per heavy atom. The van der Waals surface area contributed by atoms with Gasteiger partial charge in [0.25, 0.3) is 0 Å². The maximum absolute atomic E-state index is 12.5. The van der Waals surface area contributed by atoms with E-state index in [1.54, 1.807) is 12.5 Å². The molecule has 26 heavy (non-hydrogen) atoms. The summed E-state index contributed by atoms with van der Waals surface area (Å²) in [4.78, 5) is 16.6. The number of carbonyl (C=O) groups is 1. The van der Waals surface area contributed by atoms with Crippen LogP contribution in [0.1, 0.15) is 68.2 Å². The Morgan fingerprint density at radius 3 is 2.50 bits per heavy atom. The van der Waals surface area contributed by atoms with Crippen LogP contribution in [0, 0.1) is 0 Å². The molecule has 1 heterocycles. The molecule has 0 aliphatic rings. The van der Waals surface area contributed by atoms with Crippen molar-refractivity contribution in [1.82, 2.24) is 9.55 Å². The van der Waals surface area contributed by atoms with Crippen LogP contribution < -0.4 is 0 Å². The summed E-state index contributed by atoms with van der Waals surface area (Å²) in [6, 6.07) is 7.54. The van der Waals surface area contributed by atoms with Gasteiger partial charge in [0.05, 0.1) is 11.6 Å². The van der Waals surface area contributed by atoms with Crippen LogP contribution in [0.15, 0.2) is 43.0 Å². The predicted octanol–water partition coefficient (Wildman–Crippen LogP) is 7.03. The molecule has 0 saturated carbocycles. The molecule has 0 aliphatic carbocycles. The standard InChI is InChI=1S/C20H26Cl2N2OS/c1-2-3-4-5-6-7-8-18(25)26-19(16-9-11-17(21)12-10-16)20(22)24-14-13-23-15-24/h9-15,19-20H,2-8H2,1H3. The molecule has 1 aromatic heterocycles. The summed E-state index contributed by atoms with van der Waals surface area (Å²) in [7, 11) is 0. The fourth-order valence-electron chi connectivity index (χ4n) is 2.76. The number of benzene rings is 1. The van der Waals surface area contributed by atoms with E-state index in [0.717, 1.165) is 18.4 Å². The number of halogens is 2. The second-order valence-corrected chi connectivity index (χ2v) is 8.44. The van der Waals surface area contributed by atoms with Crippen LogP contribution in [0.25, 0.3) is 0 Å². The highest BCUT2D eigenvalue weighted by Crippen LogP contribution is 2.42. The molecule has 0 bridgehead atoms. The van der Waals surface area contributed by atoms with Crippen molar-refractivity contribution in [2.24, 2.45) is 0 Å². The molecule has 0 spiro atoms. The molecule has 0 aliphatic heterocycles. The monoisotopic (exact) mass is 412 g/mol. The van der Waals surface area contributed by atoms with E-state index in [0.29, 0.717) is 11.4 Å². The van der Waals surface area contributed by atoms with E-state index < -0.39 is 5.50 Å². The summed E-state index contributed by atoms with van der Waals surface area (Å²) in [5.41, 5.74) is 0.599. The quantitative estimate of drug-likeness (QED) is 0.293. The first-order chi connectivity index (χ1) is 12.6. The molecule has 0 saturated heterocycles. The van der Waals surface area contributed by atoms with Crippen molar-refractivity contribution in [3.63, 3.8) is 0 Å². The van der Waals surface area contributed by atoms with Gasteiger partial charge in [0, 0.05) is 23.8 Å². The zero-order valence-corrected chi connectivity index (χ0v) is 17.4. The Labute approximate surface area is 170 Å². The summed E-state index contributed by atoms with van der Waals surface area (Å²) in [6.07, 6.45) is 12.8. The number of thioether (sulfide) groups is 1. The third kappa shape index (κ3) is 6.98. The van der Waals surface area contributed by atoms with Crippen molar-refractivity contribution in [2.75, 3.05) is 0 Å². The van der Waals surface area contributed by atoms with Gasteiger partial charge in [-0.3, -0.25) is 4.79 Å². The Balaban J connectivity index is 1.95. The van der Waals surface area contributed by atoms with Gasteiger partial charge in [-0.2, -0.15) is 0 Å². The molecule has 2 unspecified atom stereocenters. The van der Waals surface area contributed by atoms with Gasteiger partial charge in [-0.15, -0.1) is 0 Å². The molecular weight excluding hydrogens is 387 g/mol. The second kappa shape index (κ2) is 11.7. The zero-order valence-electron chi connectivity index (χ0n) is 15.1. The number of imidazole rings is 1. The Bertz CT molecular complexity index is 646. The van der Waals surface area contributed by atoms with Gasteiger partial charge in [0.2, 0.25) is 0 Å². The molecular formula is C20H26Cl2N2OS. The van der Waals surface area contributed by atoms with Gasteiger partial charge in [-0.05, 0) is 24.1 Å². The maximum Gasteiger partial charge on any atom is 0.189 e. The maximum atomic E-state index is 12.5. The van der Waals surface area contributed by atoms with Crippen LogP contribution in [-0.4, -0.2) is 14.7 Å². The number of nitrogens with zero attached hydrogens (tertiary/aromatic N) is 2. The average Bonchev–Trinajstić information content (AvgIpc) is 3.18. The van der Waals surface area contributed by atoms with Crippen molar-refractivity contribution in [1.29, 1.82) is 0 Å². The van der Waals surface area contributed by atoms with Gasteiger partial charge >= 0.3 is 0 Å². The highest BCUT2D eigenvalue weighted by atomic mass is 35.5. The number of unbranched alkanes of at least 4 members (excludes halogenated alkanes) is 5. The lowest BCUT2D eigenvalue weighted by atomic mass is 10.1. The molecule has 3 nitrogen and oxygen atoms in total. The molecule has 2 atom stereocenters. The van der Waals surface area contributed by atoms with E-state index in [1.807, 2.05) is 35.0 Å². The van der Waals surface area contributed by atoms with Crippen LogP contribution in [-0.2, 0) is 4.79 Å². The van der Waals surface area contributed by atoms with Crippen LogP contribution in [0.2, 0.25) is 5.02 Å². The van der Waals surface area contributed by atoms with Crippen molar-refractivity contribution in [2.45, 2.75) is 62.6 Å². The van der Waals surface area contributed by atoms with Gasteiger partial charge < -0.3 is 4.57 Å².